The normalized spacial score (nSPS) is 11.3. The maximum atomic E-state index is 13.6. The number of nitrogens with one attached hydrogen (secondary N) is 1. The van der Waals surface area contributed by atoms with Gasteiger partial charge in [0.15, 0.2) is 0 Å². The SMILES string of the molecule is O=C(Nc1ccc(Cc2ccc(F)cc2C(F)(F)F)cc1)c1ccccc1F. The molecule has 1 N–H and O–H groups in total. The summed E-state index contributed by atoms with van der Waals surface area (Å²) < 4.78 is 66.1. The lowest BCUT2D eigenvalue weighted by atomic mass is 9.99. The Hall–Kier alpha value is -3.22. The quantitative estimate of drug-likeness (QED) is 0.558. The van der Waals surface area contributed by atoms with Gasteiger partial charge in [0.25, 0.3) is 5.91 Å². The van der Waals surface area contributed by atoms with Crippen LogP contribution in [0.5, 0.6) is 0 Å². The Morgan fingerprint density at radius 2 is 1.57 bits per heavy atom. The number of carbonyl (C=O) groups is 1. The molecule has 0 radical (unpaired) electrons. The van der Waals surface area contributed by atoms with Gasteiger partial charge in [0.05, 0.1) is 11.1 Å². The Bertz CT molecular complexity index is 996. The molecule has 28 heavy (non-hydrogen) atoms. The van der Waals surface area contributed by atoms with Crippen LogP contribution in [0.4, 0.5) is 27.6 Å². The number of benzene rings is 3. The molecule has 0 saturated heterocycles. The zero-order chi connectivity index (χ0) is 20.3. The Balaban J connectivity index is 1.76. The molecule has 0 unspecified atom stereocenters. The van der Waals surface area contributed by atoms with Crippen molar-refractivity contribution in [3.05, 3.63) is 101 Å². The fourth-order valence-electron chi connectivity index (χ4n) is 2.74. The lowest BCUT2D eigenvalue weighted by Gasteiger charge is -2.13. The summed E-state index contributed by atoms with van der Waals surface area (Å²) in [5.74, 6) is -2.25. The van der Waals surface area contributed by atoms with Gasteiger partial charge in [-0.25, -0.2) is 8.78 Å². The molecule has 0 bridgehead atoms. The molecule has 0 saturated carbocycles. The number of alkyl halides is 3. The second kappa shape index (κ2) is 7.80. The second-order valence-electron chi connectivity index (χ2n) is 6.11. The predicted octanol–water partition coefficient (Wildman–Crippen LogP) is 5.83. The number of carbonyl (C=O) groups excluding carboxylic acids is 1. The van der Waals surface area contributed by atoms with Crippen LogP contribution in [0.2, 0.25) is 0 Å². The Morgan fingerprint density at radius 1 is 0.893 bits per heavy atom. The first kappa shape index (κ1) is 19.5. The number of amides is 1. The van der Waals surface area contributed by atoms with Crippen molar-refractivity contribution >= 4 is 11.6 Å². The van der Waals surface area contributed by atoms with Gasteiger partial charge in [-0.15, -0.1) is 0 Å². The summed E-state index contributed by atoms with van der Waals surface area (Å²) in [6.07, 6.45) is -4.72. The predicted molar refractivity (Wildman–Crippen MR) is 95.0 cm³/mol. The summed E-state index contributed by atoms with van der Waals surface area (Å²) in [5.41, 5.74) is -0.290. The first-order chi connectivity index (χ1) is 13.2. The zero-order valence-corrected chi connectivity index (χ0v) is 14.4. The largest absolute Gasteiger partial charge is 0.416 e. The van der Waals surface area contributed by atoms with E-state index in [4.69, 9.17) is 0 Å². The lowest BCUT2D eigenvalue weighted by molar-refractivity contribution is -0.138. The monoisotopic (exact) mass is 391 g/mol. The molecule has 0 atom stereocenters. The highest BCUT2D eigenvalue weighted by Gasteiger charge is 2.33. The molecule has 0 aliphatic heterocycles. The van der Waals surface area contributed by atoms with E-state index in [0.29, 0.717) is 17.3 Å². The molecule has 0 aromatic heterocycles. The van der Waals surface area contributed by atoms with Crippen molar-refractivity contribution in [1.29, 1.82) is 0 Å². The van der Waals surface area contributed by atoms with Crippen molar-refractivity contribution in [2.24, 2.45) is 0 Å². The van der Waals surface area contributed by atoms with Crippen LogP contribution in [0.15, 0.2) is 66.7 Å². The van der Waals surface area contributed by atoms with E-state index in [1.165, 1.54) is 36.4 Å². The molecular formula is C21H14F5NO. The van der Waals surface area contributed by atoms with E-state index in [9.17, 15) is 26.7 Å². The van der Waals surface area contributed by atoms with Crippen LogP contribution in [0, 0.1) is 11.6 Å². The highest BCUT2D eigenvalue weighted by Crippen LogP contribution is 2.33. The van der Waals surface area contributed by atoms with Crippen LogP contribution in [0.1, 0.15) is 27.0 Å². The highest BCUT2D eigenvalue weighted by atomic mass is 19.4. The van der Waals surface area contributed by atoms with Crippen molar-refractivity contribution in [3.63, 3.8) is 0 Å². The van der Waals surface area contributed by atoms with Crippen LogP contribution < -0.4 is 5.32 Å². The van der Waals surface area contributed by atoms with Crippen molar-refractivity contribution in [3.8, 4) is 0 Å². The number of rotatable bonds is 4. The summed E-state index contributed by atoms with van der Waals surface area (Å²) in [4.78, 5) is 12.1. The van der Waals surface area contributed by atoms with Gasteiger partial charge >= 0.3 is 6.18 Å². The number of hydrogen-bond donors (Lipinski definition) is 1. The summed E-state index contributed by atoms with van der Waals surface area (Å²) in [6.45, 7) is 0. The standard InChI is InChI=1S/C21H14F5NO/c22-15-8-7-14(18(12-15)21(24,25)26)11-13-5-9-16(10-6-13)27-20(28)17-3-1-2-4-19(17)23/h1-10,12H,11H2,(H,27,28). The van der Waals surface area contributed by atoms with Crippen LogP contribution in [-0.4, -0.2) is 5.91 Å². The minimum absolute atomic E-state index is 0.0583. The second-order valence-corrected chi connectivity index (χ2v) is 6.11. The van der Waals surface area contributed by atoms with E-state index in [1.807, 2.05) is 0 Å². The molecule has 0 spiro atoms. The minimum Gasteiger partial charge on any atom is -0.322 e. The van der Waals surface area contributed by atoms with Crippen molar-refractivity contribution < 1.29 is 26.7 Å². The Labute approximate surface area is 157 Å². The highest BCUT2D eigenvalue weighted by molar-refractivity contribution is 6.04. The van der Waals surface area contributed by atoms with Crippen LogP contribution in [0.3, 0.4) is 0 Å². The van der Waals surface area contributed by atoms with Crippen LogP contribution in [0.25, 0.3) is 0 Å². The van der Waals surface area contributed by atoms with Crippen molar-refractivity contribution in [2.75, 3.05) is 5.32 Å². The number of anilines is 1. The smallest absolute Gasteiger partial charge is 0.322 e. The summed E-state index contributed by atoms with van der Waals surface area (Å²) in [7, 11) is 0. The molecule has 144 valence electrons. The van der Waals surface area contributed by atoms with Crippen LogP contribution in [-0.2, 0) is 12.6 Å². The maximum Gasteiger partial charge on any atom is 0.416 e. The third kappa shape index (κ3) is 4.54. The molecule has 2 nitrogen and oxygen atoms in total. The molecule has 7 heteroatoms. The minimum atomic E-state index is -4.66. The molecule has 3 aromatic rings. The van der Waals surface area contributed by atoms with Gasteiger partial charge < -0.3 is 5.32 Å². The maximum absolute atomic E-state index is 13.6. The van der Waals surface area contributed by atoms with Gasteiger partial charge in [0.1, 0.15) is 11.6 Å². The fourth-order valence-corrected chi connectivity index (χ4v) is 2.74. The Morgan fingerprint density at radius 3 is 2.21 bits per heavy atom. The topological polar surface area (TPSA) is 29.1 Å². The number of halogens is 5. The van der Waals surface area contributed by atoms with Crippen LogP contribution >= 0.6 is 0 Å². The average molecular weight is 391 g/mol. The van der Waals surface area contributed by atoms with Gasteiger partial charge in [-0.05, 0) is 53.9 Å². The molecule has 0 fully saturated rings. The van der Waals surface area contributed by atoms with Crippen molar-refractivity contribution in [2.45, 2.75) is 12.6 Å². The summed E-state index contributed by atoms with van der Waals surface area (Å²) >= 11 is 0. The summed E-state index contributed by atoms with van der Waals surface area (Å²) in [6, 6.07) is 14.1. The summed E-state index contributed by atoms with van der Waals surface area (Å²) in [5, 5.41) is 2.52. The van der Waals surface area contributed by atoms with Gasteiger partial charge in [-0.1, -0.05) is 30.3 Å². The van der Waals surface area contributed by atoms with Gasteiger partial charge in [-0.3, -0.25) is 4.79 Å². The zero-order valence-electron chi connectivity index (χ0n) is 14.4. The molecule has 0 aliphatic carbocycles. The fraction of sp³-hybridized carbons (Fsp3) is 0.0952. The third-order valence-electron chi connectivity index (χ3n) is 4.10. The third-order valence-corrected chi connectivity index (χ3v) is 4.10. The van der Waals surface area contributed by atoms with E-state index in [0.717, 1.165) is 12.1 Å². The van der Waals surface area contributed by atoms with E-state index in [2.05, 4.69) is 5.32 Å². The van der Waals surface area contributed by atoms with Crippen molar-refractivity contribution in [1.82, 2.24) is 0 Å². The lowest BCUT2D eigenvalue weighted by Crippen LogP contribution is -2.13. The molecular weight excluding hydrogens is 377 g/mol. The van der Waals surface area contributed by atoms with Gasteiger partial charge in [-0.2, -0.15) is 13.2 Å². The van der Waals surface area contributed by atoms with Gasteiger partial charge in [0.2, 0.25) is 0 Å². The van der Waals surface area contributed by atoms with E-state index >= 15 is 0 Å². The van der Waals surface area contributed by atoms with E-state index in [-0.39, 0.29) is 17.5 Å². The molecule has 3 aromatic carbocycles. The first-order valence-electron chi connectivity index (χ1n) is 8.24. The molecule has 1 amide bonds. The molecule has 0 aliphatic rings. The first-order valence-corrected chi connectivity index (χ1v) is 8.24. The van der Waals surface area contributed by atoms with Gasteiger partial charge in [0, 0.05) is 5.69 Å². The Kier molecular flexibility index (Phi) is 5.44. The van der Waals surface area contributed by atoms with E-state index in [1.54, 1.807) is 12.1 Å². The average Bonchev–Trinajstić information content (AvgIpc) is 2.64. The molecule has 3 rings (SSSR count). The number of hydrogen-bond acceptors (Lipinski definition) is 1. The molecule has 0 heterocycles. The van der Waals surface area contributed by atoms with E-state index < -0.39 is 29.3 Å².